The predicted octanol–water partition coefficient (Wildman–Crippen LogP) is 3.48. The lowest BCUT2D eigenvalue weighted by molar-refractivity contribution is 0.102. The molecule has 11 heteroatoms. The molecule has 2 N–H and O–H groups in total. The summed E-state index contributed by atoms with van der Waals surface area (Å²) >= 11 is 6.18. The maximum atomic E-state index is 13.2. The number of carbonyl (C=O) groups excluding carboxylic acids is 1. The molecule has 2 aromatic carbocycles. The van der Waals surface area contributed by atoms with E-state index in [0.29, 0.717) is 30.1 Å². The molecule has 0 unspecified atom stereocenters. The van der Waals surface area contributed by atoms with Crippen LogP contribution in [0.2, 0.25) is 5.02 Å². The lowest BCUT2D eigenvalue weighted by atomic mass is 10.1. The molecule has 0 aliphatic rings. The van der Waals surface area contributed by atoms with E-state index in [0.717, 1.165) is 6.07 Å². The number of aromatic nitrogens is 1. The fraction of sp³-hybridized carbons (Fsp3) is 0.273. The highest BCUT2D eigenvalue weighted by Crippen LogP contribution is 2.36. The zero-order valence-electron chi connectivity index (χ0n) is 18.6. The Balaban J connectivity index is 2.12. The van der Waals surface area contributed by atoms with Gasteiger partial charge in [0.2, 0.25) is 15.6 Å². The standard InChI is InChI=1S/C22H24ClN3O6S/c1-5-26(6-2)33(29,30)13-7-8-17-14(9-13)15(10-21(27)24-17)22(28)25-18-11-16(23)19(31-3)12-20(18)32-4/h7-12H,5-6H2,1-4H3,(H,24,27)(H,25,28). The monoisotopic (exact) mass is 493 g/mol. The van der Waals surface area contributed by atoms with Crippen molar-refractivity contribution in [3.05, 3.63) is 57.3 Å². The average molecular weight is 494 g/mol. The van der Waals surface area contributed by atoms with Gasteiger partial charge in [-0.25, -0.2) is 8.42 Å². The number of ether oxygens (including phenoxy) is 2. The number of benzene rings is 2. The second-order valence-electron chi connectivity index (χ2n) is 6.99. The first-order chi connectivity index (χ1) is 15.7. The highest BCUT2D eigenvalue weighted by Gasteiger charge is 2.23. The van der Waals surface area contributed by atoms with Gasteiger partial charge in [-0.1, -0.05) is 25.4 Å². The van der Waals surface area contributed by atoms with Gasteiger partial charge < -0.3 is 19.8 Å². The van der Waals surface area contributed by atoms with Gasteiger partial charge in [0.25, 0.3) is 5.91 Å². The van der Waals surface area contributed by atoms with Crippen LogP contribution in [0.25, 0.3) is 10.9 Å². The van der Waals surface area contributed by atoms with E-state index >= 15 is 0 Å². The van der Waals surface area contributed by atoms with E-state index < -0.39 is 21.5 Å². The molecule has 3 rings (SSSR count). The number of nitrogens with one attached hydrogen (secondary N) is 2. The summed E-state index contributed by atoms with van der Waals surface area (Å²) in [6.45, 7) is 4.08. The molecule has 1 aromatic heterocycles. The van der Waals surface area contributed by atoms with Gasteiger partial charge in [-0.15, -0.1) is 0 Å². The molecular formula is C22H24ClN3O6S. The molecule has 0 saturated carbocycles. The quantitative estimate of drug-likeness (QED) is 0.496. The van der Waals surface area contributed by atoms with Crippen molar-refractivity contribution < 1.29 is 22.7 Å². The largest absolute Gasteiger partial charge is 0.495 e. The lowest BCUT2D eigenvalue weighted by Crippen LogP contribution is -2.30. The van der Waals surface area contributed by atoms with Crippen LogP contribution in [-0.4, -0.2) is 50.9 Å². The summed E-state index contributed by atoms with van der Waals surface area (Å²) in [5.41, 5.74) is 0.0746. The molecule has 3 aromatic rings. The minimum absolute atomic E-state index is 0.000611. The molecule has 0 saturated heterocycles. The first-order valence-corrected chi connectivity index (χ1v) is 11.9. The number of nitrogens with zero attached hydrogens (tertiary/aromatic N) is 1. The van der Waals surface area contributed by atoms with Crippen LogP contribution in [0.4, 0.5) is 5.69 Å². The summed E-state index contributed by atoms with van der Waals surface area (Å²) in [5, 5.41) is 3.20. The zero-order valence-corrected chi connectivity index (χ0v) is 20.1. The van der Waals surface area contributed by atoms with Crippen molar-refractivity contribution in [3.8, 4) is 11.5 Å². The Morgan fingerprint density at radius 1 is 1.06 bits per heavy atom. The first kappa shape index (κ1) is 24.6. The molecule has 0 bridgehead atoms. The fourth-order valence-corrected chi connectivity index (χ4v) is 5.17. The molecular weight excluding hydrogens is 470 g/mol. The van der Waals surface area contributed by atoms with Gasteiger partial charge >= 0.3 is 0 Å². The normalized spacial score (nSPS) is 11.6. The second kappa shape index (κ2) is 9.82. The molecule has 1 heterocycles. The van der Waals surface area contributed by atoms with Crippen LogP contribution >= 0.6 is 11.6 Å². The van der Waals surface area contributed by atoms with Crippen molar-refractivity contribution in [3.63, 3.8) is 0 Å². The Morgan fingerprint density at radius 3 is 2.33 bits per heavy atom. The third kappa shape index (κ3) is 4.82. The van der Waals surface area contributed by atoms with Crippen molar-refractivity contribution in [1.82, 2.24) is 9.29 Å². The lowest BCUT2D eigenvalue weighted by Gasteiger charge is -2.19. The van der Waals surface area contributed by atoms with Crippen LogP contribution in [-0.2, 0) is 10.0 Å². The predicted molar refractivity (Wildman–Crippen MR) is 127 cm³/mol. The molecule has 0 radical (unpaired) electrons. The minimum atomic E-state index is -3.77. The maximum Gasteiger partial charge on any atom is 0.256 e. The van der Waals surface area contributed by atoms with E-state index in [2.05, 4.69) is 10.3 Å². The Kier molecular flexibility index (Phi) is 7.31. The van der Waals surface area contributed by atoms with Gasteiger partial charge in [0.1, 0.15) is 11.5 Å². The SMILES string of the molecule is CCN(CC)S(=O)(=O)c1ccc2[nH]c(=O)cc(C(=O)Nc3cc(Cl)c(OC)cc3OC)c2c1. The summed E-state index contributed by atoms with van der Waals surface area (Å²) in [6.07, 6.45) is 0. The van der Waals surface area contributed by atoms with Gasteiger partial charge in [0.15, 0.2) is 0 Å². The molecule has 0 fully saturated rings. The van der Waals surface area contributed by atoms with Gasteiger partial charge in [0.05, 0.1) is 35.4 Å². The number of fused-ring (bicyclic) bond motifs is 1. The molecule has 0 aliphatic heterocycles. The number of hydrogen-bond donors (Lipinski definition) is 2. The van der Waals surface area contributed by atoms with Crippen LogP contribution in [0.5, 0.6) is 11.5 Å². The molecule has 1 amide bonds. The summed E-state index contributed by atoms with van der Waals surface area (Å²) < 4.78 is 37.7. The van der Waals surface area contributed by atoms with Crippen molar-refractivity contribution in [1.29, 1.82) is 0 Å². The van der Waals surface area contributed by atoms with Crippen molar-refractivity contribution in [2.24, 2.45) is 0 Å². The number of carbonyl (C=O) groups is 1. The Bertz CT molecular complexity index is 1370. The number of H-pyrrole nitrogens is 1. The Morgan fingerprint density at radius 2 is 1.73 bits per heavy atom. The van der Waals surface area contributed by atoms with E-state index in [1.165, 1.54) is 48.9 Å². The van der Waals surface area contributed by atoms with Gasteiger partial charge in [-0.2, -0.15) is 4.31 Å². The summed E-state index contributed by atoms with van der Waals surface area (Å²) in [7, 11) is -0.898. The molecule has 176 valence electrons. The number of sulfonamides is 1. The Labute approximate surface area is 196 Å². The van der Waals surface area contributed by atoms with Gasteiger partial charge in [-0.3, -0.25) is 9.59 Å². The van der Waals surface area contributed by atoms with Crippen molar-refractivity contribution in [2.45, 2.75) is 18.7 Å². The fourth-order valence-electron chi connectivity index (χ4n) is 3.44. The van der Waals surface area contributed by atoms with E-state index in [-0.39, 0.29) is 26.6 Å². The first-order valence-electron chi connectivity index (χ1n) is 10.1. The molecule has 9 nitrogen and oxygen atoms in total. The number of methoxy groups -OCH3 is 2. The number of pyridine rings is 1. The summed E-state index contributed by atoms with van der Waals surface area (Å²) in [6, 6.07) is 8.34. The molecule has 0 spiro atoms. The van der Waals surface area contributed by atoms with Crippen LogP contribution in [0.1, 0.15) is 24.2 Å². The number of anilines is 1. The third-order valence-electron chi connectivity index (χ3n) is 5.12. The summed E-state index contributed by atoms with van der Waals surface area (Å²) in [4.78, 5) is 28.0. The van der Waals surface area contributed by atoms with Gasteiger partial charge in [0, 0.05) is 36.1 Å². The topological polar surface area (TPSA) is 118 Å². The maximum absolute atomic E-state index is 13.2. The van der Waals surface area contributed by atoms with Crippen LogP contribution in [0.3, 0.4) is 0 Å². The number of aromatic amines is 1. The number of hydrogen-bond acceptors (Lipinski definition) is 6. The van der Waals surface area contributed by atoms with E-state index in [1.807, 2.05) is 0 Å². The molecule has 33 heavy (non-hydrogen) atoms. The number of halogens is 1. The zero-order chi connectivity index (χ0) is 24.3. The summed E-state index contributed by atoms with van der Waals surface area (Å²) in [5.74, 6) is 0.0194. The molecule has 0 atom stereocenters. The second-order valence-corrected chi connectivity index (χ2v) is 9.33. The van der Waals surface area contributed by atoms with Crippen LogP contribution < -0.4 is 20.3 Å². The van der Waals surface area contributed by atoms with Crippen LogP contribution in [0.15, 0.2) is 46.1 Å². The van der Waals surface area contributed by atoms with E-state index in [4.69, 9.17) is 21.1 Å². The molecule has 0 aliphatic carbocycles. The number of rotatable bonds is 8. The van der Waals surface area contributed by atoms with Crippen molar-refractivity contribution in [2.75, 3.05) is 32.6 Å². The third-order valence-corrected chi connectivity index (χ3v) is 7.47. The smallest absolute Gasteiger partial charge is 0.256 e. The van der Waals surface area contributed by atoms with E-state index in [9.17, 15) is 18.0 Å². The van der Waals surface area contributed by atoms with Crippen molar-refractivity contribution >= 4 is 44.1 Å². The highest BCUT2D eigenvalue weighted by molar-refractivity contribution is 7.89. The van der Waals surface area contributed by atoms with E-state index in [1.54, 1.807) is 13.8 Å². The number of amides is 1. The Hall–Kier alpha value is -3.08. The van der Waals surface area contributed by atoms with Crippen LogP contribution in [0, 0.1) is 0 Å². The van der Waals surface area contributed by atoms with Gasteiger partial charge in [-0.05, 0) is 24.3 Å². The highest BCUT2D eigenvalue weighted by atomic mass is 35.5. The minimum Gasteiger partial charge on any atom is -0.495 e. The average Bonchev–Trinajstić information content (AvgIpc) is 2.78.